The van der Waals surface area contributed by atoms with Crippen molar-refractivity contribution in [1.82, 2.24) is 10.9 Å². The van der Waals surface area contributed by atoms with E-state index in [4.69, 9.17) is 4.74 Å². The van der Waals surface area contributed by atoms with Crippen LogP contribution in [0.5, 0.6) is 5.75 Å². The predicted octanol–water partition coefficient (Wildman–Crippen LogP) is 3.28. The molecular weight excluding hydrogens is 328 g/mol. The van der Waals surface area contributed by atoms with Crippen LogP contribution in [0.2, 0.25) is 0 Å². The number of hydrogen-bond donors (Lipinski definition) is 2. The van der Waals surface area contributed by atoms with E-state index in [0.717, 1.165) is 23.1 Å². The lowest BCUT2D eigenvalue weighted by Gasteiger charge is -2.15. The zero-order valence-corrected chi connectivity index (χ0v) is 15.5. The molecule has 0 radical (unpaired) electrons. The number of amides is 2. The van der Waals surface area contributed by atoms with Crippen molar-refractivity contribution in [3.05, 3.63) is 65.2 Å². The molecular formula is C21H26N2O3. The molecule has 5 heteroatoms. The van der Waals surface area contributed by atoms with Crippen molar-refractivity contribution < 1.29 is 14.3 Å². The van der Waals surface area contributed by atoms with Crippen LogP contribution in [-0.4, -0.2) is 18.4 Å². The Morgan fingerprint density at radius 3 is 2.38 bits per heavy atom. The van der Waals surface area contributed by atoms with Crippen LogP contribution < -0.4 is 15.6 Å². The summed E-state index contributed by atoms with van der Waals surface area (Å²) >= 11 is 0. The number of aryl methyl sites for hydroxylation is 1. The first kappa shape index (κ1) is 19.5. The van der Waals surface area contributed by atoms with Crippen molar-refractivity contribution in [2.24, 2.45) is 0 Å². The van der Waals surface area contributed by atoms with Gasteiger partial charge in [-0.1, -0.05) is 56.3 Å². The van der Waals surface area contributed by atoms with Crippen molar-refractivity contribution in [2.75, 3.05) is 6.61 Å². The van der Waals surface area contributed by atoms with Crippen molar-refractivity contribution in [3.63, 3.8) is 0 Å². The predicted molar refractivity (Wildman–Crippen MR) is 102 cm³/mol. The lowest BCUT2D eigenvalue weighted by atomic mass is 9.98. The molecule has 2 rings (SSSR count). The van der Waals surface area contributed by atoms with Gasteiger partial charge in [-0.15, -0.1) is 0 Å². The van der Waals surface area contributed by atoms with Crippen molar-refractivity contribution in [3.8, 4) is 5.75 Å². The van der Waals surface area contributed by atoms with Gasteiger partial charge in [-0.05, 0) is 42.0 Å². The van der Waals surface area contributed by atoms with E-state index in [1.807, 2.05) is 55.5 Å². The first-order valence-corrected chi connectivity index (χ1v) is 8.85. The van der Waals surface area contributed by atoms with Gasteiger partial charge in [0.1, 0.15) is 5.75 Å². The summed E-state index contributed by atoms with van der Waals surface area (Å²) in [5.41, 5.74) is 7.86. The number of carbonyl (C=O) groups is 2. The Morgan fingerprint density at radius 2 is 1.65 bits per heavy atom. The van der Waals surface area contributed by atoms with Crippen LogP contribution in [0.25, 0.3) is 0 Å². The van der Waals surface area contributed by atoms with Gasteiger partial charge in [-0.3, -0.25) is 20.4 Å². The molecule has 1 unspecified atom stereocenters. The molecule has 0 heterocycles. The van der Waals surface area contributed by atoms with Gasteiger partial charge in [-0.25, -0.2) is 0 Å². The SMILES string of the molecule is CCC(C)c1ccccc1OCC(=O)NNC(=O)Cc1ccccc1C. The molecule has 0 spiro atoms. The molecule has 0 saturated heterocycles. The summed E-state index contributed by atoms with van der Waals surface area (Å²) in [5.74, 6) is 0.376. The second-order valence-electron chi connectivity index (χ2n) is 6.34. The van der Waals surface area contributed by atoms with Crippen LogP contribution in [0.3, 0.4) is 0 Å². The van der Waals surface area contributed by atoms with Crippen molar-refractivity contribution >= 4 is 11.8 Å². The lowest BCUT2D eigenvalue weighted by molar-refractivity contribution is -0.129. The van der Waals surface area contributed by atoms with E-state index in [9.17, 15) is 9.59 Å². The monoisotopic (exact) mass is 354 g/mol. The lowest BCUT2D eigenvalue weighted by Crippen LogP contribution is -2.44. The minimum atomic E-state index is -0.401. The quantitative estimate of drug-likeness (QED) is 0.750. The molecule has 138 valence electrons. The fraction of sp³-hybridized carbons (Fsp3) is 0.333. The number of benzene rings is 2. The van der Waals surface area contributed by atoms with Gasteiger partial charge in [-0.2, -0.15) is 0 Å². The molecule has 2 aromatic rings. The molecule has 0 aromatic heterocycles. The highest BCUT2D eigenvalue weighted by atomic mass is 16.5. The number of para-hydroxylation sites is 1. The Kier molecular flexibility index (Phi) is 7.21. The molecule has 0 bridgehead atoms. The first-order valence-electron chi connectivity index (χ1n) is 8.85. The second kappa shape index (κ2) is 9.61. The van der Waals surface area contributed by atoms with Gasteiger partial charge in [0.05, 0.1) is 6.42 Å². The summed E-state index contributed by atoms with van der Waals surface area (Å²) < 4.78 is 5.63. The summed E-state index contributed by atoms with van der Waals surface area (Å²) in [4.78, 5) is 23.9. The van der Waals surface area contributed by atoms with Gasteiger partial charge in [0, 0.05) is 0 Å². The van der Waals surface area contributed by atoms with E-state index >= 15 is 0 Å². The number of nitrogens with one attached hydrogen (secondary N) is 2. The van der Waals surface area contributed by atoms with E-state index in [0.29, 0.717) is 11.7 Å². The molecule has 0 fully saturated rings. The van der Waals surface area contributed by atoms with Crippen LogP contribution >= 0.6 is 0 Å². The maximum atomic E-state index is 12.0. The maximum Gasteiger partial charge on any atom is 0.276 e. The standard InChI is InChI=1S/C21H26N2O3/c1-4-15(2)18-11-7-8-12-19(18)26-14-21(25)23-22-20(24)13-17-10-6-5-9-16(17)3/h5-12,15H,4,13-14H2,1-3H3,(H,22,24)(H,23,25). The zero-order valence-electron chi connectivity index (χ0n) is 15.5. The third-order valence-corrected chi connectivity index (χ3v) is 4.37. The number of rotatable bonds is 7. The highest BCUT2D eigenvalue weighted by Gasteiger charge is 2.12. The third-order valence-electron chi connectivity index (χ3n) is 4.37. The highest BCUT2D eigenvalue weighted by molar-refractivity contribution is 5.84. The fourth-order valence-electron chi connectivity index (χ4n) is 2.58. The van der Waals surface area contributed by atoms with Gasteiger partial charge in [0.2, 0.25) is 5.91 Å². The van der Waals surface area contributed by atoms with E-state index in [1.165, 1.54) is 0 Å². The minimum Gasteiger partial charge on any atom is -0.483 e. The highest BCUT2D eigenvalue weighted by Crippen LogP contribution is 2.28. The molecule has 2 amide bonds. The molecule has 26 heavy (non-hydrogen) atoms. The van der Waals surface area contributed by atoms with Crippen LogP contribution in [-0.2, 0) is 16.0 Å². The molecule has 0 aliphatic heterocycles. The number of carbonyl (C=O) groups excluding carboxylic acids is 2. The molecule has 0 aliphatic rings. The van der Waals surface area contributed by atoms with Crippen molar-refractivity contribution in [1.29, 1.82) is 0 Å². The van der Waals surface area contributed by atoms with E-state index in [1.54, 1.807) is 0 Å². The smallest absolute Gasteiger partial charge is 0.276 e. The Labute approximate surface area is 154 Å². The Balaban J connectivity index is 1.81. The van der Waals surface area contributed by atoms with E-state index in [-0.39, 0.29) is 18.9 Å². The van der Waals surface area contributed by atoms with Gasteiger partial charge in [0.25, 0.3) is 5.91 Å². The number of hydrazine groups is 1. The average Bonchev–Trinajstić information content (AvgIpc) is 2.66. The Hall–Kier alpha value is -2.82. The second-order valence-corrected chi connectivity index (χ2v) is 6.34. The molecule has 0 aliphatic carbocycles. The largest absolute Gasteiger partial charge is 0.483 e. The minimum absolute atomic E-state index is 0.155. The number of hydrogen-bond acceptors (Lipinski definition) is 3. The topological polar surface area (TPSA) is 67.4 Å². The average molecular weight is 354 g/mol. The molecule has 2 N–H and O–H groups in total. The van der Waals surface area contributed by atoms with Crippen LogP contribution in [0, 0.1) is 6.92 Å². The van der Waals surface area contributed by atoms with Gasteiger partial charge in [0.15, 0.2) is 6.61 Å². The molecule has 5 nitrogen and oxygen atoms in total. The first-order chi connectivity index (χ1) is 12.5. The van der Waals surface area contributed by atoms with Crippen LogP contribution in [0.1, 0.15) is 42.9 Å². The Morgan fingerprint density at radius 1 is 1.00 bits per heavy atom. The van der Waals surface area contributed by atoms with Crippen LogP contribution in [0.15, 0.2) is 48.5 Å². The number of ether oxygens (including phenoxy) is 1. The molecule has 0 saturated carbocycles. The molecule has 2 aromatic carbocycles. The fourth-order valence-corrected chi connectivity index (χ4v) is 2.58. The summed E-state index contributed by atoms with van der Waals surface area (Å²) in [6, 6.07) is 15.3. The summed E-state index contributed by atoms with van der Waals surface area (Å²) in [5, 5.41) is 0. The molecule has 1 atom stereocenters. The van der Waals surface area contributed by atoms with Crippen LogP contribution in [0.4, 0.5) is 0 Å². The maximum absolute atomic E-state index is 12.0. The Bertz CT molecular complexity index is 758. The summed E-state index contributed by atoms with van der Waals surface area (Å²) in [7, 11) is 0. The van der Waals surface area contributed by atoms with E-state index < -0.39 is 5.91 Å². The van der Waals surface area contributed by atoms with Gasteiger partial charge >= 0.3 is 0 Å². The normalized spacial score (nSPS) is 11.5. The zero-order chi connectivity index (χ0) is 18.9. The summed E-state index contributed by atoms with van der Waals surface area (Å²) in [6.07, 6.45) is 1.20. The summed E-state index contributed by atoms with van der Waals surface area (Å²) in [6.45, 7) is 6.02. The van der Waals surface area contributed by atoms with Gasteiger partial charge < -0.3 is 4.74 Å². The van der Waals surface area contributed by atoms with Crippen molar-refractivity contribution in [2.45, 2.75) is 39.5 Å². The van der Waals surface area contributed by atoms with E-state index in [2.05, 4.69) is 24.7 Å². The third kappa shape index (κ3) is 5.62.